The first kappa shape index (κ1) is 11.5. The summed E-state index contributed by atoms with van der Waals surface area (Å²) in [6.45, 7) is 5.36. The van der Waals surface area contributed by atoms with Crippen molar-refractivity contribution in [2.24, 2.45) is 0 Å². The van der Waals surface area contributed by atoms with Gasteiger partial charge in [-0.05, 0) is 32.9 Å². The number of para-hydroxylation sites is 1. The number of benzene rings is 1. The smallest absolute Gasteiger partial charge is 0.315 e. The van der Waals surface area contributed by atoms with Gasteiger partial charge in [0.05, 0.1) is 5.54 Å². The van der Waals surface area contributed by atoms with E-state index >= 15 is 0 Å². The van der Waals surface area contributed by atoms with Gasteiger partial charge in [-0.15, -0.1) is 0 Å². The normalized spacial score (nSPS) is 10.9. The van der Waals surface area contributed by atoms with Crippen molar-refractivity contribution >= 4 is 6.02 Å². The minimum Gasteiger partial charge on any atom is -0.425 e. The maximum Gasteiger partial charge on any atom is 0.315 e. The Kier molecular flexibility index (Phi) is 3.31. The third-order valence-electron chi connectivity index (χ3n) is 1.79. The van der Waals surface area contributed by atoms with Gasteiger partial charge in [-0.2, -0.15) is 0 Å². The summed E-state index contributed by atoms with van der Waals surface area (Å²) >= 11 is 0. The first-order chi connectivity index (χ1) is 6.91. The third-order valence-corrected chi connectivity index (χ3v) is 1.79. The molecule has 0 aliphatic carbocycles. The molecule has 0 aliphatic heterocycles. The fourth-order valence-electron chi connectivity index (χ4n) is 0.948. The molecule has 2 N–H and O–H groups in total. The van der Waals surface area contributed by atoms with Gasteiger partial charge in [0.1, 0.15) is 5.75 Å². The zero-order valence-corrected chi connectivity index (χ0v) is 9.19. The lowest BCUT2D eigenvalue weighted by atomic mass is 10.1. The van der Waals surface area contributed by atoms with Crippen LogP contribution in [-0.4, -0.2) is 21.8 Å². The molecule has 0 saturated heterocycles. The molecule has 0 unspecified atom stereocenters. The van der Waals surface area contributed by atoms with Crippen LogP contribution in [0.3, 0.4) is 0 Å². The van der Waals surface area contributed by atoms with Crippen molar-refractivity contribution in [3.8, 4) is 5.75 Å². The molecule has 82 valence electrons. The van der Waals surface area contributed by atoms with E-state index in [1.54, 1.807) is 45.0 Å². The van der Waals surface area contributed by atoms with Gasteiger partial charge in [0.15, 0.2) is 0 Å². The van der Waals surface area contributed by atoms with E-state index in [1.165, 1.54) is 0 Å². The SMILES string of the molecule is CC(C)(C)N(O)C(=N)Oc1ccccc1. The molecule has 1 aromatic carbocycles. The molecule has 0 bridgehead atoms. The Hall–Kier alpha value is -1.55. The van der Waals surface area contributed by atoms with Crippen molar-refractivity contribution in [3.05, 3.63) is 30.3 Å². The summed E-state index contributed by atoms with van der Waals surface area (Å²) in [4.78, 5) is 0. The lowest BCUT2D eigenvalue weighted by molar-refractivity contribution is -0.0992. The number of nitrogens with one attached hydrogen (secondary N) is 1. The van der Waals surface area contributed by atoms with E-state index in [2.05, 4.69) is 0 Å². The highest BCUT2D eigenvalue weighted by Crippen LogP contribution is 2.14. The first-order valence-electron chi connectivity index (χ1n) is 4.72. The Labute approximate surface area is 89.6 Å². The molecule has 0 aliphatic rings. The van der Waals surface area contributed by atoms with Gasteiger partial charge < -0.3 is 4.74 Å². The summed E-state index contributed by atoms with van der Waals surface area (Å²) in [5, 5.41) is 17.9. The molecule has 0 amide bonds. The molecular formula is C11H16N2O2. The number of amidine groups is 1. The predicted octanol–water partition coefficient (Wildman–Crippen LogP) is 2.49. The Morgan fingerprint density at radius 1 is 1.27 bits per heavy atom. The molecule has 0 spiro atoms. The van der Waals surface area contributed by atoms with Gasteiger partial charge in [0, 0.05) is 0 Å². The molecule has 0 radical (unpaired) electrons. The van der Waals surface area contributed by atoms with Gasteiger partial charge in [-0.1, -0.05) is 18.2 Å². The molecule has 0 aromatic heterocycles. The standard InChI is InChI=1S/C11H16N2O2/c1-11(2,3)13(14)10(12)15-9-7-5-4-6-8-9/h4-8,12,14H,1-3H3. The van der Waals surface area contributed by atoms with Gasteiger partial charge in [-0.3, -0.25) is 5.21 Å². The number of ether oxygens (including phenoxy) is 1. The molecule has 0 fully saturated rings. The first-order valence-corrected chi connectivity index (χ1v) is 4.72. The van der Waals surface area contributed by atoms with Crippen LogP contribution in [0.5, 0.6) is 5.75 Å². The van der Waals surface area contributed by atoms with E-state index in [9.17, 15) is 5.21 Å². The zero-order chi connectivity index (χ0) is 11.5. The fraction of sp³-hybridized carbons (Fsp3) is 0.364. The highest BCUT2D eigenvalue weighted by molar-refractivity contribution is 5.72. The van der Waals surface area contributed by atoms with E-state index in [0.29, 0.717) is 5.75 Å². The van der Waals surface area contributed by atoms with Crippen molar-refractivity contribution in [3.63, 3.8) is 0 Å². The summed E-state index contributed by atoms with van der Waals surface area (Å²) in [5.74, 6) is 0.533. The topological polar surface area (TPSA) is 56.5 Å². The molecule has 0 saturated carbocycles. The van der Waals surface area contributed by atoms with E-state index < -0.39 is 5.54 Å². The highest BCUT2D eigenvalue weighted by Gasteiger charge is 2.23. The number of nitrogens with zero attached hydrogens (tertiary/aromatic N) is 1. The number of hydrogen-bond donors (Lipinski definition) is 2. The second-order valence-electron chi connectivity index (χ2n) is 4.20. The van der Waals surface area contributed by atoms with Crippen molar-refractivity contribution < 1.29 is 9.94 Å². The van der Waals surface area contributed by atoms with Gasteiger partial charge in [-0.25, -0.2) is 10.5 Å². The monoisotopic (exact) mass is 208 g/mol. The number of hydrogen-bond acceptors (Lipinski definition) is 3. The molecule has 4 heteroatoms. The quantitative estimate of drug-likeness (QED) is 0.423. The summed E-state index contributed by atoms with van der Waals surface area (Å²) < 4.78 is 5.16. The van der Waals surface area contributed by atoms with Crippen LogP contribution in [0.15, 0.2) is 30.3 Å². The average Bonchev–Trinajstić information content (AvgIpc) is 2.16. The molecule has 4 nitrogen and oxygen atoms in total. The Morgan fingerprint density at radius 3 is 2.27 bits per heavy atom. The van der Waals surface area contributed by atoms with Crippen LogP contribution in [0, 0.1) is 5.41 Å². The summed E-state index contributed by atoms with van der Waals surface area (Å²) in [7, 11) is 0. The van der Waals surface area contributed by atoms with E-state index in [4.69, 9.17) is 10.1 Å². The van der Waals surface area contributed by atoms with Gasteiger partial charge in [0.25, 0.3) is 0 Å². The Bertz CT molecular complexity index is 330. The lowest BCUT2D eigenvalue weighted by Gasteiger charge is -2.30. The van der Waals surface area contributed by atoms with Crippen LogP contribution in [0.25, 0.3) is 0 Å². The highest BCUT2D eigenvalue weighted by atomic mass is 16.6. The van der Waals surface area contributed by atoms with Crippen molar-refractivity contribution in [2.75, 3.05) is 0 Å². The molecule has 1 rings (SSSR count). The van der Waals surface area contributed by atoms with Crippen LogP contribution in [0.4, 0.5) is 0 Å². The summed E-state index contributed by atoms with van der Waals surface area (Å²) in [6, 6.07) is 8.64. The minimum absolute atomic E-state index is 0.284. The average molecular weight is 208 g/mol. The van der Waals surface area contributed by atoms with Crippen LogP contribution in [0.2, 0.25) is 0 Å². The van der Waals surface area contributed by atoms with Crippen LogP contribution in [-0.2, 0) is 0 Å². The van der Waals surface area contributed by atoms with E-state index in [0.717, 1.165) is 5.06 Å². The largest absolute Gasteiger partial charge is 0.425 e. The summed E-state index contributed by atoms with van der Waals surface area (Å²) in [5.41, 5.74) is -0.550. The maximum atomic E-state index is 9.60. The molecular weight excluding hydrogens is 192 g/mol. The van der Waals surface area contributed by atoms with Crippen molar-refractivity contribution in [1.29, 1.82) is 5.41 Å². The predicted molar refractivity (Wildman–Crippen MR) is 58.2 cm³/mol. The van der Waals surface area contributed by atoms with Gasteiger partial charge >= 0.3 is 6.02 Å². The van der Waals surface area contributed by atoms with Crippen LogP contribution < -0.4 is 4.74 Å². The Morgan fingerprint density at radius 2 is 1.80 bits per heavy atom. The lowest BCUT2D eigenvalue weighted by Crippen LogP contribution is -2.45. The molecule has 15 heavy (non-hydrogen) atoms. The van der Waals surface area contributed by atoms with Crippen molar-refractivity contribution in [1.82, 2.24) is 5.06 Å². The molecule has 0 atom stereocenters. The molecule has 1 aromatic rings. The van der Waals surface area contributed by atoms with Gasteiger partial charge in [0.2, 0.25) is 0 Å². The van der Waals surface area contributed by atoms with Crippen LogP contribution in [0.1, 0.15) is 20.8 Å². The zero-order valence-electron chi connectivity index (χ0n) is 9.19. The second kappa shape index (κ2) is 4.31. The third kappa shape index (κ3) is 3.25. The summed E-state index contributed by atoms with van der Waals surface area (Å²) in [6.07, 6.45) is 0. The fourth-order valence-corrected chi connectivity index (χ4v) is 0.948. The Balaban J connectivity index is 2.65. The maximum absolute atomic E-state index is 9.60. The minimum atomic E-state index is -0.550. The molecule has 0 heterocycles. The van der Waals surface area contributed by atoms with Crippen molar-refractivity contribution in [2.45, 2.75) is 26.3 Å². The number of hydroxylamine groups is 2. The van der Waals surface area contributed by atoms with E-state index in [1.807, 2.05) is 6.07 Å². The van der Waals surface area contributed by atoms with Crippen LogP contribution >= 0.6 is 0 Å². The number of rotatable bonds is 1. The van der Waals surface area contributed by atoms with E-state index in [-0.39, 0.29) is 6.02 Å². The second-order valence-corrected chi connectivity index (χ2v) is 4.20.